The number of likely N-dealkylation sites (tertiary alicyclic amines) is 1. The fourth-order valence-electron chi connectivity index (χ4n) is 5.02. The second kappa shape index (κ2) is 13.3. The molecule has 3 heterocycles. The summed E-state index contributed by atoms with van der Waals surface area (Å²) in [7, 11) is 0. The van der Waals surface area contributed by atoms with Crippen LogP contribution < -0.4 is 5.32 Å². The standard InChI is InChI=1S/C22H42N4O2.HI/c1-4-23-22(26-11-13-28-21(17-26)20-8-7-12-27-20)24-9-5-6-10-25-15-18(2)14-19(3)16-25;/h18-21H,4-17H2,1-3H3,(H,23,24);1H. The Kier molecular flexibility index (Phi) is 11.6. The molecule has 0 bridgehead atoms. The second-order valence-electron chi connectivity index (χ2n) is 9.06. The molecule has 0 aliphatic carbocycles. The molecule has 3 aliphatic heterocycles. The van der Waals surface area contributed by atoms with E-state index in [1.54, 1.807) is 0 Å². The topological polar surface area (TPSA) is 49.3 Å². The molecule has 0 spiro atoms. The van der Waals surface area contributed by atoms with Crippen LogP contribution in [0.3, 0.4) is 0 Å². The maximum atomic E-state index is 5.99. The van der Waals surface area contributed by atoms with Gasteiger partial charge in [-0.3, -0.25) is 4.99 Å². The van der Waals surface area contributed by atoms with Gasteiger partial charge in [-0.05, 0) is 57.4 Å². The summed E-state index contributed by atoms with van der Waals surface area (Å²) in [6, 6.07) is 0. The lowest BCUT2D eigenvalue weighted by Gasteiger charge is -2.37. The molecule has 3 saturated heterocycles. The van der Waals surface area contributed by atoms with Crippen molar-refractivity contribution in [3.8, 4) is 0 Å². The van der Waals surface area contributed by atoms with Crippen LogP contribution >= 0.6 is 24.0 Å². The van der Waals surface area contributed by atoms with Crippen molar-refractivity contribution < 1.29 is 9.47 Å². The highest BCUT2D eigenvalue weighted by Gasteiger charge is 2.32. The first kappa shape index (κ1) is 25.1. The number of morpholine rings is 1. The van der Waals surface area contributed by atoms with Gasteiger partial charge < -0.3 is 24.6 Å². The minimum Gasteiger partial charge on any atom is -0.375 e. The zero-order chi connectivity index (χ0) is 19.8. The minimum absolute atomic E-state index is 0. The van der Waals surface area contributed by atoms with E-state index in [9.17, 15) is 0 Å². The number of piperidine rings is 1. The third-order valence-electron chi connectivity index (χ3n) is 6.20. The van der Waals surface area contributed by atoms with E-state index in [4.69, 9.17) is 14.5 Å². The maximum absolute atomic E-state index is 5.99. The van der Waals surface area contributed by atoms with Crippen molar-refractivity contribution in [1.82, 2.24) is 15.1 Å². The summed E-state index contributed by atoms with van der Waals surface area (Å²) < 4.78 is 11.8. The number of guanidine groups is 1. The number of rotatable bonds is 7. The third-order valence-corrected chi connectivity index (χ3v) is 6.20. The molecule has 3 rings (SSSR count). The smallest absolute Gasteiger partial charge is 0.194 e. The molecule has 170 valence electrons. The number of hydrogen-bond donors (Lipinski definition) is 1. The highest BCUT2D eigenvalue weighted by molar-refractivity contribution is 14.0. The molecule has 0 radical (unpaired) electrons. The van der Waals surface area contributed by atoms with Gasteiger partial charge in [-0.25, -0.2) is 0 Å². The lowest BCUT2D eigenvalue weighted by atomic mass is 9.92. The largest absolute Gasteiger partial charge is 0.375 e. The molecular formula is C22H43IN4O2. The molecule has 3 aliphatic rings. The zero-order valence-electron chi connectivity index (χ0n) is 18.8. The average Bonchev–Trinajstić information content (AvgIpc) is 3.21. The predicted octanol–water partition coefficient (Wildman–Crippen LogP) is 3.21. The average molecular weight is 523 g/mol. The summed E-state index contributed by atoms with van der Waals surface area (Å²) in [5.41, 5.74) is 0. The molecule has 0 saturated carbocycles. The molecule has 6 nitrogen and oxygen atoms in total. The molecule has 29 heavy (non-hydrogen) atoms. The zero-order valence-corrected chi connectivity index (χ0v) is 21.1. The van der Waals surface area contributed by atoms with Crippen LogP contribution in [-0.2, 0) is 9.47 Å². The van der Waals surface area contributed by atoms with E-state index in [1.807, 2.05) is 0 Å². The number of halogens is 1. The monoisotopic (exact) mass is 522 g/mol. The van der Waals surface area contributed by atoms with Crippen LogP contribution in [0.15, 0.2) is 4.99 Å². The van der Waals surface area contributed by atoms with Gasteiger partial charge >= 0.3 is 0 Å². The van der Waals surface area contributed by atoms with Gasteiger partial charge in [-0.1, -0.05) is 13.8 Å². The second-order valence-corrected chi connectivity index (χ2v) is 9.06. The Bertz CT molecular complexity index is 477. The van der Waals surface area contributed by atoms with Gasteiger partial charge in [0.25, 0.3) is 0 Å². The van der Waals surface area contributed by atoms with Crippen LogP contribution in [0.5, 0.6) is 0 Å². The Balaban J connectivity index is 0.00000300. The van der Waals surface area contributed by atoms with Crippen molar-refractivity contribution >= 4 is 29.9 Å². The van der Waals surface area contributed by atoms with E-state index >= 15 is 0 Å². The van der Waals surface area contributed by atoms with E-state index in [2.05, 4.69) is 35.9 Å². The van der Waals surface area contributed by atoms with Crippen molar-refractivity contribution in [3.63, 3.8) is 0 Å². The van der Waals surface area contributed by atoms with E-state index in [0.29, 0.717) is 0 Å². The van der Waals surface area contributed by atoms with Crippen molar-refractivity contribution in [2.45, 2.75) is 65.1 Å². The molecule has 1 N–H and O–H groups in total. The number of unbranched alkanes of at least 4 members (excludes halogenated alkanes) is 1. The van der Waals surface area contributed by atoms with Crippen LogP contribution in [0, 0.1) is 11.8 Å². The Hall–Kier alpha value is -0.120. The Morgan fingerprint density at radius 3 is 2.48 bits per heavy atom. The van der Waals surface area contributed by atoms with Crippen molar-refractivity contribution in [3.05, 3.63) is 0 Å². The number of nitrogens with one attached hydrogen (secondary N) is 1. The van der Waals surface area contributed by atoms with E-state index in [0.717, 1.165) is 76.5 Å². The van der Waals surface area contributed by atoms with Crippen LogP contribution in [0.1, 0.15) is 52.9 Å². The van der Waals surface area contributed by atoms with Gasteiger partial charge in [0.1, 0.15) is 6.10 Å². The molecule has 4 unspecified atom stereocenters. The lowest BCUT2D eigenvalue weighted by molar-refractivity contribution is -0.0817. The first-order chi connectivity index (χ1) is 13.7. The van der Waals surface area contributed by atoms with Gasteiger partial charge in [0.2, 0.25) is 0 Å². The van der Waals surface area contributed by atoms with Gasteiger partial charge in [0, 0.05) is 45.9 Å². The van der Waals surface area contributed by atoms with Crippen LogP contribution in [0.25, 0.3) is 0 Å². The van der Waals surface area contributed by atoms with Gasteiger partial charge in [-0.2, -0.15) is 0 Å². The normalized spacial score (nSPS) is 31.6. The van der Waals surface area contributed by atoms with Crippen molar-refractivity contribution in [1.29, 1.82) is 0 Å². The highest BCUT2D eigenvalue weighted by Crippen LogP contribution is 2.22. The highest BCUT2D eigenvalue weighted by atomic mass is 127. The maximum Gasteiger partial charge on any atom is 0.194 e. The van der Waals surface area contributed by atoms with Crippen molar-refractivity contribution in [2.24, 2.45) is 16.8 Å². The predicted molar refractivity (Wildman–Crippen MR) is 130 cm³/mol. The summed E-state index contributed by atoms with van der Waals surface area (Å²) in [5, 5.41) is 3.48. The number of nitrogens with zero attached hydrogens (tertiary/aromatic N) is 3. The first-order valence-electron chi connectivity index (χ1n) is 11.6. The Morgan fingerprint density at radius 1 is 1.03 bits per heavy atom. The fourth-order valence-corrected chi connectivity index (χ4v) is 5.02. The molecule has 0 amide bonds. The van der Waals surface area contributed by atoms with Crippen LogP contribution in [0.2, 0.25) is 0 Å². The summed E-state index contributed by atoms with van der Waals surface area (Å²) in [4.78, 5) is 9.95. The quantitative estimate of drug-likeness (QED) is 0.241. The molecule has 7 heteroatoms. The first-order valence-corrected chi connectivity index (χ1v) is 11.6. The molecule has 4 atom stereocenters. The molecule has 0 aromatic rings. The van der Waals surface area contributed by atoms with E-state index in [1.165, 1.54) is 32.5 Å². The Morgan fingerprint density at radius 2 is 1.79 bits per heavy atom. The lowest BCUT2D eigenvalue weighted by Crippen LogP contribution is -2.53. The number of ether oxygens (including phenoxy) is 2. The number of aliphatic imine (C=N–C) groups is 1. The molecule has 3 fully saturated rings. The summed E-state index contributed by atoms with van der Waals surface area (Å²) in [5.74, 6) is 2.74. The summed E-state index contributed by atoms with van der Waals surface area (Å²) in [6.45, 7) is 16.0. The van der Waals surface area contributed by atoms with Crippen LogP contribution in [-0.4, -0.2) is 87.0 Å². The molecule has 0 aromatic heterocycles. The fraction of sp³-hybridized carbons (Fsp3) is 0.955. The van der Waals surface area contributed by atoms with Gasteiger partial charge in [0.15, 0.2) is 5.96 Å². The van der Waals surface area contributed by atoms with E-state index < -0.39 is 0 Å². The third kappa shape index (κ3) is 8.15. The van der Waals surface area contributed by atoms with Gasteiger partial charge in [0.05, 0.1) is 12.7 Å². The van der Waals surface area contributed by atoms with Crippen molar-refractivity contribution in [2.75, 3.05) is 59.0 Å². The molecular weight excluding hydrogens is 479 g/mol. The van der Waals surface area contributed by atoms with Gasteiger partial charge in [-0.15, -0.1) is 24.0 Å². The SMILES string of the molecule is CCNC(=NCCCCN1CC(C)CC(C)C1)N1CCOC(C2CCCO2)C1.I. The van der Waals surface area contributed by atoms with E-state index in [-0.39, 0.29) is 36.2 Å². The van der Waals surface area contributed by atoms with Crippen LogP contribution in [0.4, 0.5) is 0 Å². The summed E-state index contributed by atoms with van der Waals surface area (Å²) in [6.07, 6.45) is 6.52. The minimum atomic E-state index is 0. The Labute approximate surface area is 195 Å². The summed E-state index contributed by atoms with van der Waals surface area (Å²) >= 11 is 0. The molecule has 0 aromatic carbocycles. The number of hydrogen-bond acceptors (Lipinski definition) is 4.